The van der Waals surface area contributed by atoms with Gasteiger partial charge in [-0.2, -0.15) is 0 Å². The Morgan fingerprint density at radius 3 is 3.12 bits per heavy atom. The molecule has 0 bridgehead atoms. The number of nitrogens with one attached hydrogen (secondary N) is 1. The normalized spacial score (nSPS) is 12.9. The highest BCUT2D eigenvalue weighted by molar-refractivity contribution is 5.91. The number of furan rings is 1. The molecule has 1 aromatic rings. The van der Waals surface area contributed by atoms with Gasteiger partial charge in [0.2, 0.25) is 5.91 Å². The highest BCUT2D eigenvalue weighted by Crippen LogP contribution is 2.01. The van der Waals surface area contributed by atoms with E-state index in [-0.39, 0.29) is 19.1 Å². The summed E-state index contributed by atoms with van der Waals surface area (Å²) in [5.41, 5.74) is 0. The second-order valence-corrected chi connectivity index (χ2v) is 3.19. The van der Waals surface area contributed by atoms with E-state index in [2.05, 4.69) is 5.32 Å². The summed E-state index contributed by atoms with van der Waals surface area (Å²) in [6, 6.07) is 3.08. The number of carbonyl (C=O) groups excluding carboxylic acids is 1. The monoisotopic (exact) mass is 225 g/mol. The van der Waals surface area contributed by atoms with Gasteiger partial charge in [0.1, 0.15) is 5.76 Å². The first-order valence-electron chi connectivity index (χ1n) is 4.88. The number of rotatable bonds is 6. The van der Waals surface area contributed by atoms with Crippen LogP contribution in [0.5, 0.6) is 0 Å². The second kappa shape index (κ2) is 6.81. The molecule has 2 N–H and O–H groups in total. The van der Waals surface area contributed by atoms with Crippen molar-refractivity contribution in [2.45, 2.75) is 6.04 Å². The van der Waals surface area contributed by atoms with Crippen molar-refractivity contribution in [1.82, 2.24) is 5.32 Å². The van der Waals surface area contributed by atoms with Crippen LogP contribution in [0.15, 0.2) is 28.9 Å². The topological polar surface area (TPSA) is 71.7 Å². The Balaban J connectivity index is 2.40. The number of hydrogen-bond donors (Lipinski definition) is 2. The van der Waals surface area contributed by atoms with E-state index in [1.807, 2.05) is 0 Å². The molecule has 0 aliphatic heterocycles. The summed E-state index contributed by atoms with van der Waals surface area (Å²) in [6.07, 6.45) is 4.42. The summed E-state index contributed by atoms with van der Waals surface area (Å²) < 4.78 is 9.85. The molecule has 0 saturated carbocycles. The van der Waals surface area contributed by atoms with Gasteiger partial charge in [-0.15, -0.1) is 0 Å². The Kier molecular flexibility index (Phi) is 5.31. The zero-order valence-electron chi connectivity index (χ0n) is 9.05. The second-order valence-electron chi connectivity index (χ2n) is 3.19. The minimum atomic E-state index is -0.390. The maximum Gasteiger partial charge on any atom is 0.244 e. The summed E-state index contributed by atoms with van der Waals surface area (Å²) >= 11 is 0. The van der Waals surface area contributed by atoms with Gasteiger partial charge in [0, 0.05) is 13.2 Å². The van der Waals surface area contributed by atoms with Gasteiger partial charge in [-0.05, 0) is 18.2 Å². The van der Waals surface area contributed by atoms with Gasteiger partial charge in [0.05, 0.1) is 25.5 Å². The first kappa shape index (κ1) is 12.5. The van der Waals surface area contributed by atoms with E-state index in [1.165, 1.54) is 19.4 Å². The summed E-state index contributed by atoms with van der Waals surface area (Å²) in [7, 11) is 1.51. The van der Waals surface area contributed by atoms with Crippen LogP contribution in [0.25, 0.3) is 6.08 Å². The van der Waals surface area contributed by atoms with Crippen molar-refractivity contribution in [3.63, 3.8) is 0 Å². The molecule has 0 fully saturated rings. The molecular formula is C11H15NO4. The molecule has 1 unspecified atom stereocenters. The minimum absolute atomic E-state index is 0.159. The van der Waals surface area contributed by atoms with E-state index in [1.54, 1.807) is 18.2 Å². The Morgan fingerprint density at radius 1 is 1.75 bits per heavy atom. The highest BCUT2D eigenvalue weighted by atomic mass is 16.5. The molecule has 16 heavy (non-hydrogen) atoms. The van der Waals surface area contributed by atoms with Crippen molar-refractivity contribution in [3.8, 4) is 0 Å². The van der Waals surface area contributed by atoms with Gasteiger partial charge in [0.25, 0.3) is 0 Å². The molecule has 0 radical (unpaired) electrons. The molecule has 88 valence electrons. The van der Waals surface area contributed by atoms with Crippen LogP contribution in [0, 0.1) is 0 Å². The molecule has 1 atom stereocenters. The van der Waals surface area contributed by atoms with Crippen molar-refractivity contribution < 1.29 is 19.1 Å². The van der Waals surface area contributed by atoms with Gasteiger partial charge < -0.3 is 19.6 Å². The maximum absolute atomic E-state index is 11.4. The number of amides is 1. The minimum Gasteiger partial charge on any atom is -0.465 e. The predicted octanol–water partition coefficient (Wildman–Crippen LogP) is 0.416. The highest BCUT2D eigenvalue weighted by Gasteiger charge is 2.08. The van der Waals surface area contributed by atoms with E-state index in [0.717, 1.165) is 0 Å². The first-order valence-corrected chi connectivity index (χ1v) is 4.88. The number of hydrogen-bond acceptors (Lipinski definition) is 4. The summed E-state index contributed by atoms with van der Waals surface area (Å²) in [5.74, 6) is 0.301. The smallest absolute Gasteiger partial charge is 0.244 e. The third kappa shape index (κ3) is 4.29. The molecule has 1 amide bonds. The molecule has 0 spiro atoms. The van der Waals surface area contributed by atoms with Crippen molar-refractivity contribution in [2.75, 3.05) is 20.3 Å². The average molecular weight is 225 g/mol. The van der Waals surface area contributed by atoms with Gasteiger partial charge in [0.15, 0.2) is 0 Å². The third-order valence-electron chi connectivity index (χ3n) is 1.88. The van der Waals surface area contributed by atoms with Crippen molar-refractivity contribution in [2.24, 2.45) is 0 Å². The summed E-state index contributed by atoms with van der Waals surface area (Å²) in [5, 5.41) is 11.5. The fraction of sp³-hybridized carbons (Fsp3) is 0.364. The average Bonchev–Trinajstić information content (AvgIpc) is 2.78. The molecule has 0 aliphatic rings. The standard InChI is InChI=1S/C11H15NO4/c1-15-8-9(7-13)12-11(14)5-4-10-3-2-6-16-10/h2-6,9,13H,7-8H2,1H3,(H,12,14)/b5-4+. The maximum atomic E-state index is 11.4. The van der Waals surface area contributed by atoms with Crippen LogP contribution in [0.2, 0.25) is 0 Å². The Hall–Kier alpha value is -1.59. The molecule has 0 aromatic carbocycles. The van der Waals surface area contributed by atoms with E-state index in [4.69, 9.17) is 14.3 Å². The molecule has 1 rings (SSSR count). The largest absolute Gasteiger partial charge is 0.465 e. The third-order valence-corrected chi connectivity index (χ3v) is 1.88. The van der Waals surface area contributed by atoms with E-state index < -0.39 is 6.04 Å². The number of methoxy groups -OCH3 is 1. The molecule has 5 nitrogen and oxygen atoms in total. The summed E-state index contributed by atoms with van der Waals surface area (Å²) in [6.45, 7) is 0.116. The number of aliphatic hydroxyl groups excluding tert-OH is 1. The SMILES string of the molecule is COCC(CO)NC(=O)/C=C/c1ccco1. The zero-order valence-corrected chi connectivity index (χ0v) is 9.05. The molecular weight excluding hydrogens is 210 g/mol. The molecule has 1 aromatic heterocycles. The van der Waals surface area contributed by atoms with Crippen molar-refractivity contribution in [1.29, 1.82) is 0 Å². The van der Waals surface area contributed by atoms with Crippen LogP contribution in [0.4, 0.5) is 0 Å². The lowest BCUT2D eigenvalue weighted by atomic mass is 10.3. The van der Waals surface area contributed by atoms with Crippen molar-refractivity contribution in [3.05, 3.63) is 30.2 Å². The van der Waals surface area contributed by atoms with Crippen LogP contribution >= 0.6 is 0 Å². The van der Waals surface area contributed by atoms with Crippen LogP contribution in [-0.2, 0) is 9.53 Å². The van der Waals surface area contributed by atoms with E-state index >= 15 is 0 Å². The van der Waals surface area contributed by atoms with Gasteiger partial charge >= 0.3 is 0 Å². The van der Waals surface area contributed by atoms with E-state index in [9.17, 15) is 4.79 Å². The number of aliphatic hydroxyl groups is 1. The van der Waals surface area contributed by atoms with Gasteiger partial charge in [-0.3, -0.25) is 4.79 Å². The first-order chi connectivity index (χ1) is 7.76. The van der Waals surface area contributed by atoms with Crippen LogP contribution in [-0.4, -0.2) is 37.4 Å². The van der Waals surface area contributed by atoms with Crippen LogP contribution in [0.1, 0.15) is 5.76 Å². The Labute approximate surface area is 93.7 Å². The van der Waals surface area contributed by atoms with Crippen LogP contribution in [0.3, 0.4) is 0 Å². The summed E-state index contributed by atoms with van der Waals surface area (Å²) in [4.78, 5) is 11.4. The van der Waals surface area contributed by atoms with Gasteiger partial charge in [-0.1, -0.05) is 0 Å². The quantitative estimate of drug-likeness (QED) is 0.688. The lowest BCUT2D eigenvalue weighted by Crippen LogP contribution is -2.39. The lowest BCUT2D eigenvalue weighted by Gasteiger charge is -2.13. The molecule has 5 heteroatoms. The molecule has 0 aliphatic carbocycles. The fourth-order valence-electron chi connectivity index (χ4n) is 1.13. The zero-order chi connectivity index (χ0) is 11.8. The van der Waals surface area contributed by atoms with Crippen LogP contribution < -0.4 is 5.32 Å². The predicted molar refractivity (Wildman–Crippen MR) is 58.6 cm³/mol. The number of carbonyl (C=O) groups is 1. The van der Waals surface area contributed by atoms with E-state index in [0.29, 0.717) is 5.76 Å². The van der Waals surface area contributed by atoms with Gasteiger partial charge in [-0.25, -0.2) is 0 Å². The molecule has 0 saturated heterocycles. The fourth-order valence-corrected chi connectivity index (χ4v) is 1.13. The molecule has 1 heterocycles. The Morgan fingerprint density at radius 2 is 2.56 bits per heavy atom. The lowest BCUT2D eigenvalue weighted by molar-refractivity contribution is -0.117. The van der Waals surface area contributed by atoms with Crippen molar-refractivity contribution >= 4 is 12.0 Å². The Bertz CT molecular complexity index is 332. The number of ether oxygens (including phenoxy) is 1.